The molecule has 0 aromatic carbocycles. The zero-order chi connectivity index (χ0) is 33.1. The highest BCUT2D eigenvalue weighted by atomic mass is 16.7. The van der Waals surface area contributed by atoms with Crippen molar-refractivity contribution in [3.05, 3.63) is 0 Å². The Morgan fingerprint density at radius 2 is 1.02 bits per heavy atom. The molecule has 0 radical (unpaired) electrons. The maximum absolute atomic E-state index is 12.4. The lowest BCUT2D eigenvalue weighted by Gasteiger charge is -2.22. The molecule has 45 heavy (non-hydrogen) atoms. The van der Waals surface area contributed by atoms with Crippen molar-refractivity contribution in [2.45, 2.75) is 181 Å². The molecule has 0 rings (SSSR count). The van der Waals surface area contributed by atoms with Crippen LogP contribution < -0.4 is 5.73 Å². The van der Waals surface area contributed by atoms with Crippen molar-refractivity contribution < 1.29 is 28.9 Å². The summed E-state index contributed by atoms with van der Waals surface area (Å²) >= 11 is 0. The summed E-state index contributed by atoms with van der Waals surface area (Å²) in [6.45, 7) is 10.3. The number of aliphatic carboxylic acids is 1. The second-order valence-electron chi connectivity index (χ2n) is 12.8. The van der Waals surface area contributed by atoms with E-state index in [1.54, 1.807) is 0 Å². The van der Waals surface area contributed by atoms with Crippen LogP contribution in [0.2, 0.25) is 0 Å². The van der Waals surface area contributed by atoms with E-state index in [9.17, 15) is 9.59 Å². The molecule has 268 valence electrons. The zero-order valence-corrected chi connectivity index (χ0v) is 29.7. The van der Waals surface area contributed by atoms with Gasteiger partial charge in [0.05, 0.1) is 13.0 Å². The van der Waals surface area contributed by atoms with Gasteiger partial charge in [0.2, 0.25) is 0 Å². The van der Waals surface area contributed by atoms with Gasteiger partial charge in [-0.05, 0) is 71.1 Å². The first-order valence-corrected chi connectivity index (χ1v) is 19.1. The maximum atomic E-state index is 12.4. The number of ether oxygens (including phenoxy) is 3. The second kappa shape index (κ2) is 35.6. The predicted octanol–water partition coefficient (Wildman–Crippen LogP) is 9.03. The van der Waals surface area contributed by atoms with E-state index in [4.69, 9.17) is 25.1 Å². The maximum Gasteiger partial charge on any atom is 0.305 e. The van der Waals surface area contributed by atoms with Gasteiger partial charge in [0, 0.05) is 26.1 Å². The van der Waals surface area contributed by atoms with Crippen LogP contribution in [0, 0.1) is 0 Å². The molecule has 0 aliphatic rings. The van der Waals surface area contributed by atoms with Crippen LogP contribution in [0.25, 0.3) is 0 Å². The number of nitrogens with zero attached hydrogens (tertiary/aromatic N) is 1. The highest BCUT2D eigenvalue weighted by molar-refractivity contribution is 5.69. The minimum atomic E-state index is -0.696. The molecular formula is C37H74N2O6. The van der Waals surface area contributed by atoms with Crippen LogP contribution in [0.1, 0.15) is 174 Å². The number of rotatable bonds is 37. The molecule has 0 unspecified atom stereocenters. The van der Waals surface area contributed by atoms with Crippen LogP contribution in [0.3, 0.4) is 0 Å². The second-order valence-corrected chi connectivity index (χ2v) is 12.8. The summed E-state index contributed by atoms with van der Waals surface area (Å²) in [5.41, 5.74) is 5.74. The minimum Gasteiger partial charge on any atom is -0.481 e. The van der Waals surface area contributed by atoms with Crippen molar-refractivity contribution in [1.29, 1.82) is 0 Å². The SMILES string of the molecule is CCCCCCCCOC(CCC(=O)OCCCCCCN(CCCN)CCCCCCCC(=O)O)OCCCCCCCC. The van der Waals surface area contributed by atoms with E-state index in [0.717, 1.165) is 96.7 Å². The Balaban J connectivity index is 4.10. The van der Waals surface area contributed by atoms with E-state index in [1.807, 2.05) is 0 Å². The zero-order valence-electron chi connectivity index (χ0n) is 29.7. The van der Waals surface area contributed by atoms with Crippen LogP contribution in [0.15, 0.2) is 0 Å². The van der Waals surface area contributed by atoms with Gasteiger partial charge in [-0.2, -0.15) is 0 Å². The average Bonchev–Trinajstić information content (AvgIpc) is 3.03. The number of unbranched alkanes of at least 4 members (excludes halogenated alkanes) is 17. The van der Waals surface area contributed by atoms with Crippen molar-refractivity contribution in [3.63, 3.8) is 0 Å². The van der Waals surface area contributed by atoms with E-state index in [2.05, 4.69) is 18.7 Å². The van der Waals surface area contributed by atoms with E-state index in [1.165, 1.54) is 64.2 Å². The largest absolute Gasteiger partial charge is 0.481 e. The van der Waals surface area contributed by atoms with E-state index in [-0.39, 0.29) is 18.7 Å². The summed E-state index contributed by atoms with van der Waals surface area (Å²) in [6, 6.07) is 0. The first kappa shape index (κ1) is 43.8. The van der Waals surface area contributed by atoms with Crippen LogP contribution in [0.5, 0.6) is 0 Å². The third kappa shape index (κ3) is 33.9. The van der Waals surface area contributed by atoms with Crippen LogP contribution in [-0.4, -0.2) is 74.2 Å². The number of hydrogen-bond donors (Lipinski definition) is 2. The first-order chi connectivity index (χ1) is 22.0. The standard InChI is InChI=1S/C37H74N2O6/c1-3-5-7-9-15-22-33-44-37(45-34-23-16-10-8-6-4-2)27-26-36(42)43-32-21-17-14-20-30-39(31-24-28-38)29-19-13-11-12-18-25-35(40)41/h37H,3-34,38H2,1-2H3,(H,40,41). The van der Waals surface area contributed by atoms with Gasteiger partial charge in [-0.25, -0.2) is 0 Å². The van der Waals surface area contributed by atoms with E-state index < -0.39 is 5.97 Å². The molecule has 0 saturated heterocycles. The summed E-state index contributed by atoms with van der Waals surface area (Å²) < 4.78 is 17.6. The van der Waals surface area contributed by atoms with Gasteiger partial charge >= 0.3 is 11.9 Å². The van der Waals surface area contributed by atoms with Crippen molar-refractivity contribution in [2.75, 3.05) is 46.0 Å². The number of hydrogen-bond acceptors (Lipinski definition) is 7. The lowest BCUT2D eigenvalue weighted by molar-refractivity contribution is -0.159. The number of carbonyl (C=O) groups excluding carboxylic acids is 1. The van der Waals surface area contributed by atoms with Gasteiger partial charge in [-0.1, -0.05) is 110 Å². The van der Waals surface area contributed by atoms with Crippen LogP contribution >= 0.6 is 0 Å². The predicted molar refractivity (Wildman–Crippen MR) is 187 cm³/mol. The van der Waals surface area contributed by atoms with E-state index >= 15 is 0 Å². The van der Waals surface area contributed by atoms with Gasteiger partial charge in [0.15, 0.2) is 6.29 Å². The number of carboxylic acids is 1. The number of carbonyl (C=O) groups is 2. The summed E-state index contributed by atoms with van der Waals surface area (Å²) in [5, 5.41) is 8.74. The smallest absolute Gasteiger partial charge is 0.305 e. The summed E-state index contributed by atoms with van der Waals surface area (Å²) in [4.78, 5) is 25.6. The molecule has 3 N–H and O–H groups in total. The Morgan fingerprint density at radius 3 is 1.53 bits per heavy atom. The Kier molecular flexibility index (Phi) is 34.7. The van der Waals surface area contributed by atoms with Crippen molar-refractivity contribution >= 4 is 11.9 Å². The molecule has 0 spiro atoms. The Hall–Kier alpha value is -1.22. The topological polar surface area (TPSA) is 111 Å². The molecule has 0 bridgehead atoms. The molecule has 0 amide bonds. The fraction of sp³-hybridized carbons (Fsp3) is 0.946. The van der Waals surface area contributed by atoms with Crippen LogP contribution in [0.4, 0.5) is 0 Å². The average molecular weight is 643 g/mol. The fourth-order valence-corrected chi connectivity index (χ4v) is 5.49. The highest BCUT2D eigenvalue weighted by Gasteiger charge is 2.13. The first-order valence-electron chi connectivity index (χ1n) is 19.1. The molecular weight excluding hydrogens is 568 g/mol. The number of esters is 1. The molecule has 0 aliphatic heterocycles. The molecule has 0 aromatic heterocycles. The summed E-state index contributed by atoms with van der Waals surface area (Å²) in [7, 11) is 0. The van der Waals surface area contributed by atoms with Gasteiger partial charge < -0.3 is 30.0 Å². The Labute approximate surface area is 277 Å². The molecule has 0 heterocycles. The lowest BCUT2D eigenvalue weighted by Crippen LogP contribution is -2.28. The third-order valence-corrected chi connectivity index (χ3v) is 8.36. The Bertz CT molecular complexity index is 618. The van der Waals surface area contributed by atoms with Gasteiger partial charge in [-0.3, -0.25) is 9.59 Å². The minimum absolute atomic E-state index is 0.151. The van der Waals surface area contributed by atoms with Crippen molar-refractivity contribution in [3.8, 4) is 0 Å². The van der Waals surface area contributed by atoms with E-state index in [0.29, 0.717) is 39.2 Å². The number of nitrogens with two attached hydrogens (primary N) is 1. The summed E-state index contributed by atoms with van der Waals surface area (Å²) in [5.74, 6) is -0.847. The van der Waals surface area contributed by atoms with Gasteiger partial charge in [0.1, 0.15) is 0 Å². The fourth-order valence-electron chi connectivity index (χ4n) is 5.49. The highest BCUT2D eigenvalue weighted by Crippen LogP contribution is 2.13. The summed E-state index contributed by atoms with van der Waals surface area (Å²) in [6.07, 6.45) is 26.1. The number of carboxylic acid groups (broad SMARTS) is 1. The molecule has 0 aliphatic carbocycles. The third-order valence-electron chi connectivity index (χ3n) is 8.36. The monoisotopic (exact) mass is 643 g/mol. The van der Waals surface area contributed by atoms with Gasteiger partial charge in [0.25, 0.3) is 0 Å². The van der Waals surface area contributed by atoms with Crippen molar-refractivity contribution in [1.82, 2.24) is 4.90 Å². The van der Waals surface area contributed by atoms with Gasteiger partial charge in [-0.15, -0.1) is 0 Å². The van der Waals surface area contributed by atoms with Crippen molar-refractivity contribution in [2.24, 2.45) is 5.73 Å². The van der Waals surface area contributed by atoms with Crippen LogP contribution in [-0.2, 0) is 23.8 Å². The molecule has 0 atom stereocenters. The molecule has 8 heteroatoms. The molecule has 0 saturated carbocycles. The quantitative estimate of drug-likeness (QED) is 0.0392. The molecule has 0 aromatic rings. The lowest BCUT2D eigenvalue weighted by atomic mass is 10.1. The molecule has 0 fully saturated rings. The Morgan fingerprint density at radius 1 is 0.578 bits per heavy atom. The normalized spacial score (nSPS) is 11.6. The molecule has 8 nitrogen and oxygen atoms in total.